The lowest BCUT2D eigenvalue weighted by Crippen LogP contribution is -2.13. The third kappa shape index (κ3) is 5.27. The summed E-state index contributed by atoms with van der Waals surface area (Å²) in [4.78, 5) is 0. The van der Waals surface area contributed by atoms with Crippen molar-refractivity contribution in [3.05, 3.63) is 33.3 Å². The Morgan fingerprint density at radius 2 is 2.00 bits per heavy atom. The zero-order valence-corrected chi connectivity index (χ0v) is 11.2. The molecule has 0 aliphatic carbocycles. The van der Waals surface area contributed by atoms with E-state index in [1.807, 2.05) is 0 Å². The van der Waals surface area contributed by atoms with Crippen molar-refractivity contribution < 1.29 is 13.2 Å². The lowest BCUT2D eigenvalue weighted by Gasteiger charge is -2.14. The van der Waals surface area contributed by atoms with E-state index in [0.717, 1.165) is 4.47 Å². The molecule has 2 N–H and O–H groups in total. The molecule has 17 heavy (non-hydrogen) atoms. The van der Waals surface area contributed by atoms with Gasteiger partial charge in [-0.3, -0.25) is 0 Å². The molecule has 0 fully saturated rings. The Hall–Kier alpha value is -0.260. The summed E-state index contributed by atoms with van der Waals surface area (Å²) in [7, 11) is 0. The number of alkyl halides is 3. The second-order valence-electron chi connectivity index (χ2n) is 3.78. The van der Waals surface area contributed by atoms with Crippen LogP contribution in [0.25, 0.3) is 0 Å². The van der Waals surface area contributed by atoms with Gasteiger partial charge >= 0.3 is 6.18 Å². The van der Waals surface area contributed by atoms with Crippen molar-refractivity contribution in [2.24, 2.45) is 5.73 Å². The molecule has 1 rings (SSSR count). The first-order valence-corrected chi connectivity index (χ1v) is 6.24. The molecule has 0 amide bonds. The van der Waals surface area contributed by atoms with Crippen molar-refractivity contribution in [3.8, 4) is 0 Å². The second kappa shape index (κ2) is 6.07. The van der Waals surface area contributed by atoms with Crippen LogP contribution >= 0.6 is 27.5 Å². The van der Waals surface area contributed by atoms with E-state index in [1.165, 1.54) is 0 Å². The van der Waals surface area contributed by atoms with Gasteiger partial charge in [0.2, 0.25) is 0 Å². The van der Waals surface area contributed by atoms with Gasteiger partial charge in [-0.25, -0.2) is 0 Å². The molecule has 0 aliphatic heterocycles. The van der Waals surface area contributed by atoms with Gasteiger partial charge in [0.15, 0.2) is 0 Å². The van der Waals surface area contributed by atoms with Crippen LogP contribution in [0.4, 0.5) is 13.2 Å². The Morgan fingerprint density at radius 3 is 2.59 bits per heavy atom. The normalized spacial score (nSPS) is 13.8. The summed E-state index contributed by atoms with van der Waals surface area (Å²) >= 11 is 9.21. The number of hydrogen-bond acceptors (Lipinski definition) is 1. The topological polar surface area (TPSA) is 26.0 Å². The van der Waals surface area contributed by atoms with Crippen LogP contribution in [0.15, 0.2) is 22.7 Å². The molecule has 0 aliphatic rings. The van der Waals surface area contributed by atoms with E-state index >= 15 is 0 Å². The van der Waals surface area contributed by atoms with Gasteiger partial charge in [0.1, 0.15) is 0 Å². The van der Waals surface area contributed by atoms with Crippen LogP contribution in [0.5, 0.6) is 0 Å². The van der Waals surface area contributed by atoms with Gasteiger partial charge in [-0.2, -0.15) is 13.2 Å². The van der Waals surface area contributed by atoms with Crippen LogP contribution in [0.1, 0.15) is 30.9 Å². The Morgan fingerprint density at radius 1 is 1.35 bits per heavy atom. The van der Waals surface area contributed by atoms with Crippen LogP contribution in [0.3, 0.4) is 0 Å². The van der Waals surface area contributed by atoms with Gasteiger partial charge in [-0.15, -0.1) is 0 Å². The smallest absolute Gasteiger partial charge is 0.324 e. The summed E-state index contributed by atoms with van der Waals surface area (Å²) in [5.41, 5.74) is 6.49. The Balaban J connectivity index is 2.58. The number of benzene rings is 1. The third-order valence-electron chi connectivity index (χ3n) is 2.33. The molecule has 0 bridgehead atoms. The molecule has 1 atom stereocenters. The van der Waals surface area contributed by atoms with Crippen molar-refractivity contribution in [1.29, 1.82) is 0 Å². The van der Waals surface area contributed by atoms with Crippen LogP contribution in [0, 0.1) is 0 Å². The highest BCUT2D eigenvalue weighted by molar-refractivity contribution is 9.10. The molecule has 6 heteroatoms. The molecule has 0 heterocycles. The predicted molar refractivity (Wildman–Crippen MR) is 66.0 cm³/mol. The number of nitrogens with two attached hydrogens (primary N) is 1. The molecular formula is C11H12BrClF3N. The first-order chi connectivity index (χ1) is 7.79. The van der Waals surface area contributed by atoms with E-state index in [9.17, 15) is 13.2 Å². The fourth-order valence-corrected chi connectivity index (χ4v) is 2.11. The van der Waals surface area contributed by atoms with E-state index < -0.39 is 18.6 Å². The molecule has 0 aromatic heterocycles. The number of halogens is 5. The lowest BCUT2D eigenvalue weighted by molar-refractivity contribution is -0.135. The van der Waals surface area contributed by atoms with Crippen molar-refractivity contribution in [2.75, 3.05) is 0 Å². The highest BCUT2D eigenvalue weighted by Gasteiger charge is 2.26. The van der Waals surface area contributed by atoms with Crippen molar-refractivity contribution >= 4 is 27.5 Å². The van der Waals surface area contributed by atoms with Gasteiger partial charge in [-0.1, -0.05) is 27.5 Å². The molecule has 0 saturated carbocycles. The third-order valence-corrected chi connectivity index (χ3v) is 3.17. The maximum Gasteiger partial charge on any atom is 0.389 e. The molecule has 0 saturated heterocycles. The van der Waals surface area contributed by atoms with Crippen molar-refractivity contribution in [2.45, 2.75) is 31.5 Å². The number of rotatable bonds is 4. The van der Waals surface area contributed by atoms with Crippen LogP contribution in [-0.2, 0) is 0 Å². The highest BCUT2D eigenvalue weighted by atomic mass is 79.9. The average molecular weight is 331 g/mol. The first kappa shape index (κ1) is 14.8. The monoisotopic (exact) mass is 329 g/mol. The maximum atomic E-state index is 12.0. The molecule has 96 valence electrons. The average Bonchev–Trinajstić information content (AvgIpc) is 2.19. The summed E-state index contributed by atoms with van der Waals surface area (Å²) in [6.07, 6.45) is -4.67. The zero-order chi connectivity index (χ0) is 13.1. The van der Waals surface area contributed by atoms with E-state index in [1.54, 1.807) is 18.2 Å². The first-order valence-electron chi connectivity index (χ1n) is 5.07. The van der Waals surface area contributed by atoms with Gasteiger partial charge in [0.25, 0.3) is 0 Å². The SMILES string of the molecule is NC(CCCC(F)(F)F)c1cc(Br)ccc1Cl. The van der Waals surface area contributed by atoms with Gasteiger partial charge < -0.3 is 5.73 Å². The molecule has 1 aromatic carbocycles. The summed E-state index contributed by atoms with van der Waals surface area (Å²) in [5.74, 6) is 0. The molecule has 0 spiro atoms. The zero-order valence-electron chi connectivity index (χ0n) is 8.90. The fraction of sp³-hybridized carbons (Fsp3) is 0.455. The molecule has 0 radical (unpaired) electrons. The van der Waals surface area contributed by atoms with Crippen molar-refractivity contribution in [1.82, 2.24) is 0 Å². The second-order valence-corrected chi connectivity index (χ2v) is 5.10. The Kier molecular flexibility index (Phi) is 5.28. The minimum Gasteiger partial charge on any atom is -0.324 e. The Labute approximate surface area is 111 Å². The molecule has 1 nitrogen and oxygen atoms in total. The summed E-state index contributed by atoms with van der Waals surface area (Å²) in [6.45, 7) is 0. The minimum absolute atomic E-state index is 0.00745. The minimum atomic E-state index is -4.12. The number of hydrogen-bond donors (Lipinski definition) is 1. The van der Waals surface area contributed by atoms with E-state index in [4.69, 9.17) is 17.3 Å². The largest absolute Gasteiger partial charge is 0.389 e. The van der Waals surface area contributed by atoms with E-state index in [0.29, 0.717) is 10.6 Å². The van der Waals surface area contributed by atoms with E-state index in [-0.39, 0.29) is 12.8 Å². The van der Waals surface area contributed by atoms with Gasteiger partial charge in [0.05, 0.1) is 0 Å². The Bertz CT molecular complexity index is 381. The highest BCUT2D eigenvalue weighted by Crippen LogP contribution is 2.30. The van der Waals surface area contributed by atoms with Crippen molar-refractivity contribution in [3.63, 3.8) is 0 Å². The molecule has 1 unspecified atom stereocenters. The van der Waals surface area contributed by atoms with Crippen LogP contribution in [-0.4, -0.2) is 6.18 Å². The predicted octanol–water partition coefficient (Wildman–Crippen LogP) is 4.83. The maximum absolute atomic E-state index is 12.0. The van der Waals surface area contributed by atoms with Gasteiger partial charge in [0, 0.05) is 22.0 Å². The fourth-order valence-electron chi connectivity index (χ4n) is 1.48. The lowest BCUT2D eigenvalue weighted by atomic mass is 10.0. The van der Waals surface area contributed by atoms with Crippen LogP contribution in [0.2, 0.25) is 5.02 Å². The quantitative estimate of drug-likeness (QED) is 0.840. The summed E-state index contributed by atoms with van der Waals surface area (Å²) in [6, 6.07) is 4.70. The summed E-state index contributed by atoms with van der Waals surface area (Å²) in [5, 5.41) is 0.479. The standard InChI is InChI=1S/C11H12BrClF3N/c12-7-3-4-9(13)8(6-7)10(17)2-1-5-11(14,15)16/h3-4,6,10H,1-2,5,17H2. The molecular weight excluding hydrogens is 318 g/mol. The van der Waals surface area contributed by atoms with Crippen LogP contribution < -0.4 is 5.73 Å². The van der Waals surface area contributed by atoms with E-state index in [2.05, 4.69) is 15.9 Å². The molecule has 1 aromatic rings. The summed E-state index contributed by atoms with van der Waals surface area (Å²) < 4.78 is 36.7. The van der Waals surface area contributed by atoms with Gasteiger partial charge in [-0.05, 0) is 36.6 Å².